The Hall–Kier alpha value is -4.04. The van der Waals surface area contributed by atoms with Gasteiger partial charge in [-0.05, 0) is 41.7 Å². The fraction of sp³-hybridized carbons (Fsp3) is 0.324. The van der Waals surface area contributed by atoms with Gasteiger partial charge in [-0.2, -0.15) is 5.06 Å². The molecular weight excluding hydrogens is 548 g/mol. The Balaban J connectivity index is 1.44. The van der Waals surface area contributed by atoms with Gasteiger partial charge in [-0.25, -0.2) is 4.79 Å². The van der Waals surface area contributed by atoms with E-state index in [0.717, 1.165) is 47.4 Å². The standard InChI is InChI=1S/C34H36N2O5S/c1-3-4-5-9-20-27-23-42-33-30(36(24(2)37)41-28-21-14-8-15-22-28)32(38)35(33)29(27)34(39)40-31(25-16-10-6-11-17-25)26-18-12-7-13-19-26/h6-8,10-19,21-22,30-31,33H,3-5,9,20,23H2,1-2H3/t30?,33-/m0/s1. The molecule has 1 unspecified atom stereocenters. The van der Waals surface area contributed by atoms with Gasteiger partial charge in [-0.3, -0.25) is 14.5 Å². The lowest BCUT2D eigenvalue weighted by Crippen LogP contribution is -2.71. The smallest absolute Gasteiger partial charge is 0.356 e. The number of benzene rings is 3. The van der Waals surface area contributed by atoms with Gasteiger partial charge in [0.15, 0.2) is 17.9 Å². The highest BCUT2D eigenvalue weighted by Crippen LogP contribution is 2.44. The van der Waals surface area contributed by atoms with Crippen molar-refractivity contribution in [3.05, 3.63) is 113 Å². The van der Waals surface area contributed by atoms with Crippen LogP contribution in [-0.2, 0) is 19.1 Å². The van der Waals surface area contributed by atoms with Crippen LogP contribution in [0.4, 0.5) is 0 Å². The molecule has 7 nitrogen and oxygen atoms in total. The molecule has 3 aromatic carbocycles. The molecule has 2 amide bonds. The summed E-state index contributed by atoms with van der Waals surface area (Å²) in [5.41, 5.74) is 2.89. The first-order valence-electron chi connectivity index (χ1n) is 14.5. The third-order valence-corrected chi connectivity index (χ3v) is 8.81. The monoisotopic (exact) mass is 584 g/mol. The minimum absolute atomic E-state index is 0.302. The first-order valence-corrected chi connectivity index (χ1v) is 15.5. The summed E-state index contributed by atoms with van der Waals surface area (Å²) < 4.78 is 6.25. The van der Waals surface area contributed by atoms with Crippen LogP contribution in [0.1, 0.15) is 63.2 Å². The summed E-state index contributed by atoms with van der Waals surface area (Å²) >= 11 is 1.55. The van der Waals surface area contributed by atoms with Crippen LogP contribution in [-0.4, -0.2) is 44.9 Å². The van der Waals surface area contributed by atoms with E-state index in [-0.39, 0.29) is 11.8 Å². The lowest BCUT2D eigenvalue weighted by atomic mass is 9.98. The average molecular weight is 585 g/mol. The Labute approximate surface area is 251 Å². The van der Waals surface area contributed by atoms with Crippen LogP contribution in [0.3, 0.4) is 0 Å². The molecule has 3 aromatic rings. The molecule has 2 heterocycles. The van der Waals surface area contributed by atoms with Crippen LogP contribution in [0, 0.1) is 0 Å². The third-order valence-electron chi connectivity index (χ3n) is 7.48. The minimum Gasteiger partial charge on any atom is -0.448 e. The van der Waals surface area contributed by atoms with Crippen molar-refractivity contribution in [1.29, 1.82) is 0 Å². The number of hydrogen-bond donors (Lipinski definition) is 0. The van der Waals surface area contributed by atoms with E-state index < -0.39 is 23.5 Å². The molecule has 5 rings (SSSR count). The molecule has 2 aliphatic heterocycles. The molecule has 0 aromatic heterocycles. The minimum atomic E-state index is -0.851. The quantitative estimate of drug-likeness (QED) is 0.102. The van der Waals surface area contributed by atoms with Crippen LogP contribution in [0.15, 0.2) is 102 Å². The Morgan fingerprint density at radius 1 is 0.905 bits per heavy atom. The number of hydroxylamine groups is 2. The van der Waals surface area contributed by atoms with Crippen LogP contribution in [0.25, 0.3) is 0 Å². The molecule has 8 heteroatoms. The number of β-lactam (4-membered cyclic amide) rings is 1. The Morgan fingerprint density at radius 3 is 2.07 bits per heavy atom. The zero-order chi connectivity index (χ0) is 29.5. The first kappa shape index (κ1) is 29.5. The van der Waals surface area contributed by atoms with Crippen molar-refractivity contribution in [3.63, 3.8) is 0 Å². The SMILES string of the molecule is CCCCCCC1=C(C(=O)OC(c2ccccc2)c2ccccc2)N2C(=O)C(N(Oc3ccccc3)C(C)=O)[C@@H]2SC1. The van der Waals surface area contributed by atoms with Crippen LogP contribution < -0.4 is 4.84 Å². The third kappa shape index (κ3) is 6.39. The van der Waals surface area contributed by atoms with E-state index in [1.165, 1.54) is 11.8 Å². The average Bonchev–Trinajstić information content (AvgIpc) is 3.02. The van der Waals surface area contributed by atoms with Crippen molar-refractivity contribution in [2.45, 2.75) is 63.5 Å². The summed E-state index contributed by atoms with van der Waals surface area (Å²) in [5, 5.41) is 0.677. The number of nitrogens with zero attached hydrogens (tertiary/aromatic N) is 2. The van der Waals surface area contributed by atoms with Crippen molar-refractivity contribution >= 4 is 29.5 Å². The normalized spacial score (nSPS) is 17.9. The molecule has 0 N–H and O–H groups in total. The summed E-state index contributed by atoms with van der Waals surface area (Å²) in [5.74, 6) is -0.245. The Morgan fingerprint density at radius 2 is 1.50 bits per heavy atom. The van der Waals surface area contributed by atoms with Gasteiger partial charge in [0.1, 0.15) is 11.1 Å². The van der Waals surface area contributed by atoms with Crippen molar-refractivity contribution in [3.8, 4) is 5.75 Å². The van der Waals surface area contributed by atoms with Gasteiger partial charge in [0, 0.05) is 12.7 Å². The summed E-state index contributed by atoms with van der Waals surface area (Å²) in [6.07, 6.45) is 4.26. The van der Waals surface area contributed by atoms with Crippen molar-refractivity contribution < 1.29 is 24.0 Å². The molecule has 1 fully saturated rings. The topological polar surface area (TPSA) is 76.2 Å². The van der Waals surface area contributed by atoms with Crippen molar-refractivity contribution in [2.75, 3.05) is 5.75 Å². The highest BCUT2D eigenvalue weighted by Gasteiger charge is 2.58. The predicted molar refractivity (Wildman–Crippen MR) is 163 cm³/mol. The number of amides is 2. The molecule has 1 saturated heterocycles. The fourth-order valence-electron chi connectivity index (χ4n) is 5.35. The molecule has 0 radical (unpaired) electrons. The van der Waals surface area contributed by atoms with Gasteiger partial charge in [-0.15, -0.1) is 11.8 Å². The molecule has 0 bridgehead atoms. The Kier molecular flexibility index (Phi) is 9.64. The number of thioether (sulfide) groups is 1. The number of hydrogen-bond acceptors (Lipinski definition) is 6. The Bertz CT molecular complexity index is 1370. The molecule has 0 aliphatic carbocycles. The number of carbonyl (C=O) groups is 3. The number of rotatable bonds is 12. The maximum Gasteiger partial charge on any atom is 0.356 e. The predicted octanol–water partition coefficient (Wildman–Crippen LogP) is 6.67. The molecule has 0 saturated carbocycles. The number of para-hydroxylation sites is 1. The van der Waals surface area contributed by atoms with Gasteiger partial charge < -0.3 is 9.57 Å². The number of unbranched alkanes of at least 4 members (excludes halogenated alkanes) is 3. The second-order valence-electron chi connectivity index (χ2n) is 10.5. The van der Waals surface area contributed by atoms with Gasteiger partial charge >= 0.3 is 5.97 Å². The fourth-order valence-corrected chi connectivity index (χ4v) is 6.77. The molecule has 218 valence electrons. The zero-order valence-corrected chi connectivity index (χ0v) is 24.8. The maximum absolute atomic E-state index is 14.1. The lowest BCUT2D eigenvalue weighted by molar-refractivity contribution is -0.188. The van der Waals surface area contributed by atoms with Crippen molar-refractivity contribution in [1.82, 2.24) is 9.96 Å². The largest absolute Gasteiger partial charge is 0.448 e. The van der Waals surface area contributed by atoms with Gasteiger partial charge in [-0.1, -0.05) is 105 Å². The number of fused-ring (bicyclic) bond motifs is 1. The molecule has 2 atom stereocenters. The van der Waals surface area contributed by atoms with E-state index in [1.807, 2.05) is 66.7 Å². The van der Waals surface area contributed by atoms with Gasteiger partial charge in [0.25, 0.3) is 11.8 Å². The number of ether oxygens (including phenoxy) is 1. The molecule has 2 aliphatic rings. The van der Waals surface area contributed by atoms with E-state index >= 15 is 0 Å². The molecule has 0 spiro atoms. The summed E-state index contributed by atoms with van der Waals surface area (Å²) in [6.45, 7) is 3.54. The van der Waals surface area contributed by atoms with Gasteiger partial charge in [0.2, 0.25) is 0 Å². The van der Waals surface area contributed by atoms with E-state index in [9.17, 15) is 14.4 Å². The summed E-state index contributed by atoms with van der Waals surface area (Å²) in [7, 11) is 0. The second-order valence-corrected chi connectivity index (χ2v) is 11.6. The highest BCUT2D eigenvalue weighted by molar-refractivity contribution is 8.00. The highest BCUT2D eigenvalue weighted by atomic mass is 32.2. The number of esters is 1. The van der Waals surface area contributed by atoms with E-state index in [1.54, 1.807) is 36.0 Å². The van der Waals surface area contributed by atoms with Gasteiger partial charge in [0.05, 0.1) is 0 Å². The zero-order valence-electron chi connectivity index (χ0n) is 24.0. The second kappa shape index (κ2) is 13.7. The van der Waals surface area contributed by atoms with E-state index in [4.69, 9.17) is 9.57 Å². The van der Waals surface area contributed by atoms with Crippen LogP contribution >= 0.6 is 11.8 Å². The summed E-state index contributed by atoms with van der Waals surface area (Å²) in [6, 6.07) is 27.3. The summed E-state index contributed by atoms with van der Waals surface area (Å²) in [4.78, 5) is 48.0. The van der Waals surface area contributed by atoms with E-state index in [0.29, 0.717) is 23.6 Å². The molecular formula is C34H36N2O5S. The first-order chi connectivity index (χ1) is 20.5. The van der Waals surface area contributed by atoms with Crippen LogP contribution in [0.5, 0.6) is 5.75 Å². The van der Waals surface area contributed by atoms with Crippen LogP contribution in [0.2, 0.25) is 0 Å². The van der Waals surface area contributed by atoms with E-state index in [2.05, 4.69) is 6.92 Å². The van der Waals surface area contributed by atoms with Crippen molar-refractivity contribution in [2.24, 2.45) is 0 Å². The number of carbonyl (C=O) groups excluding carboxylic acids is 3. The maximum atomic E-state index is 14.1. The lowest BCUT2D eigenvalue weighted by Gasteiger charge is -2.52. The molecule has 42 heavy (non-hydrogen) atoms.